The van der Waals surface area contributed by atoms with Gasteiger partial charge in [0.05, 0.1) is 28.5 Å². The van der Waals surface area contributed by atoms with E-state index in [-0.39, 0.29) is 10.7 Å². The van der Waals surface area contributed by atoms with Gasteiger partial charge in [0.2, 0.25) is 5.91 Å². The lowest BCUT2D eigenvalue weighted by molar-refractivity contribution is -0.137. The van der Waals surface area contributed by atoms with E-state index in [9.17, 15) is 26.7 Å². The number of nitrogens with zero attached hydrogens (tertiary/aromatic N) is 1. The molecule has 0 fully saturated rings. The molecule has 3 nitrogen and oxygen atoms in total. The minimum Gasteiger partial charge on any atom is -0.360 e. The highest BCUT2D eigenvalue weighted by Gasteiger charge is 2.35. The van der Waals surface area contributed by atoms with Crippen molar-refractivity contribution in [1.82, 2.24) is 0 Å². The van der Waals surface area contributed by atoms with E-state index >= 15 is 0 Å². The Morgan fingerprint density at radius 1 is 1.22 bits per heavy atom. The zero-order valence-corrected chi connectivity index (χ0v) is 14.6. The van der Waals surface area contributed by atoms with Crippen LogP contribution in [0, 0.1) is 11.6 Å². The lowest BCUT2D eigenvalue weighted by Crippen LogP contribution is -2.37. The smallest absolute Gasteiger partial charge is 0.360 e. The van der Waals surface area contributed by atoms with Gasteiger partial charge in [0.1, 0.15) is 11.6 Å². The van der Waals surface area contributed by atoms with Crippen LogP contribution in [0.15, 0.2) is 30.3 Å². The molecular weight excluding hydrogens is 391 g/mol. The largest absolute Gasteiger partial charge is 0.418 e. The third-order valence-corrected chi connectivity index (χ3v) is 4.53. The first-order valence-corrected chi connectivity index (χ1v) is 8.43. The van der Waals surface area contributed by atoms with E-state index in [1.165, 1.54) is 17.0 Å². The van der Waals surface area contributed by atoms with Crippen molar-refractivity contribution >= 4 is 28.9 Å². The van der Waals surface area contributed by atoms with Crippen LogP contribution in [0.5, 0.6) is 0 Å². The molecule has 1 N–H and O–H groups in total. The van der Waals surface area contributed by atoms with Crippen molar-refractivity contribution in [3.63, 3.8) is 0 Å². The second kappa shape index (κ2) is 7.34. The normalized spacial score (nSPS) is 14.1. The van der Waals surface area contributed by atoms with Crippen molar-refractivity contribution in [2.75, 3.05) is 23.3 Å². The summed E-state index contributed by atoms with van der Waals surface area (Å²) in [4.78, 5) is 13.7. The van der Waals surface area contributed by atoms with E-state index in [1.54, 1.807) is 0 Å². The highest BCUT2D eigenvalue weighted by molar-refractivity contribution is 6.34. The molecule has 1 heterocycles. The summed E-state index contributed by atoms with van der Waals surface area (Å²) in [5, 5.41) is 1.91. The quantitative estimate of drug-likeness (QED) is 0.728. The van der Waals surface area contributed by atoms with E-state index in [1.807, 2.05) is 0 Å². The van der Waals surface area contributed by atoms with E-state index in [0.29, 0.717) is 31.0 Å². The van der Waals surface area contributed by atoms with Gasteiger partial charge in [-0.3, -0.25) is 4.79 Å². The fourth-order valence-electron chi connectivity index (χ4n) is 3.13. The zero-order valence-electron chi connectivity index (χ0n) is 13.8. The topological polar surface area (TPSA) is 32.3 Å². The minimum atomic E-state index is -4.70. The number of aryl methyl sites for hydroxylation is 1. The molecule has 0 saturated carbocycles. The summed E-state index contributed by atoms with van der Waals surface area (Å²) < 4.78 is 66.9. The van der Waals surface area contributed by atoms with Gasteiger partial charge < -0.3 is 10.2 Å². The van der Waals surface area contributed by atoms with Gasteiger partial charge in [0.25, 0.3) is 0 Å². The maximum atomic E-state index is 14.2. The Balaban J connectivity index is 1.83. The van der Waals surface area contributed by atoms with Crippen molar-refractivity contribution in [2.24, 2.45) is 0 Å². The standard InChI is InChI=1S/C18H14ClF5N2O/c19-13-5-1-4-12(18(22,23)24)16(13)25-15(27)9-26-6-2-3-10-7-11(20)8-14(21)17(10)26/h1,4-5,7-8H,2-3,6,9H2,(H,25,27). The second-order valence-corrected chi connectivity index (χ2v) is 6.54. The number of rotatable bonds is 3. The van der Waals surface area contributed by atoms with E-state index in [2.05, 4.69) is 5.32 Å². The Bertz CT molecular complexity index is 885. The van der Waals surface area contributed by atoms with Gasteiger partial charge in [0.15, 0.2) is 0 Å². The highest BCUT2D eigenvalue weighted by Crippen LogP contribution is 2.38. The van der Waals surface area contributed by atoms with Crippen molar-refractivity contribution in [1.29, 1.82) is 0 Å². The number of amides is 1. The molecule has 0 saturated heterocycles. The summed E-state index contributed by atoms with van der Waals surface area (Å²) in [6, 6.07) is 5.07. The molecule has 3 rings (SSSR count). The number of para-hydroxylation sites is 1. The number of carbonyl (C=O) groups is 1. The minimum absolute atomic E-state index is 0.0907. The molecule has 0 aliphatic carbocycles. The number of anilines is 2. The fraction of sp³-hybridized carbons (Fsp3) is 0.278. The molecule has 27 heavy (non-hydrogen) atoms. The zero-order chi connectivity index (χ0) is 19.8. The molecule has 0 radical (unpaired) electrons. The van der Waals surface area contributed by atoms with E-state index in [4.69, 9.17) is 11.6 Å². The van der Waals surface area contributed by atoms with Crippen LogP contribution in [-0.2, 0) is 17.4 Å². The van der Waals surface area contributed by atoms with Crippen LogP contribution in [0.25, 0.3) is 0 Å². The molecule has 2 aromatic rings. The monoisotopic (exact) mass is 404 g/mol. The van der Waals surface area contributed by atoms with E-state index < -0.39 is 41.5 Å². The summed E-state index contributed by atoms with van der Waals surface area (Å²) in [5.74, 6) is -2.32. The lowest BCUT2D eigenvalue weighted by Gasteiger charge is -2.31. The number of nitrogens with one attached hydrogen (secondary N) is 1. The Labute approximate surface area is 156 Å². The summed E-state index contributed by atoms with van der Waals surface area (Å²) in [5.41, 5.74) is -1.11. The Kier molecular flexibility index (Phi) is 5.28. The number of hydrogen-bond donors (Lipinski definition) is 1. The molecule has 0 atom stereocenters. The first-order valence-electron chi connectivity index (χ1n) is 8.05. The molecule has 1 amide bonds. The van der Waals surface area contributed by atoms with Crippen LogP contribution < -0.4 is 10.2 Å². The first kappa shape index (κ1) is 19.4. The third kappa shape index (κ3) is 4.16. The van der Waals surface area contributed by atoms with Gasteiger partial charge in [-0.1, -0.05) is 17.7 Å². The number of carbonyl (C=O) groups excluding carboxylic acids is 1. The Morgan fingerprint density at radius 3 is 2.67 bits per heavy atom. The summed E-state index contributed by atoms with van der Waals surface area (Å²) in [6.07, 6.45) is -3.69. The second-order valence-electron chi connectivity index (χ2n) is 6.13. The molecule has 144 valence electrons. The summed E-state index contributed by atoms with van der Waals surface area (Å²) >= 11 is 5.82. The van der Waals surface area contributed by atoms with Crippen LogP contribution in [0.3, 0.4) is 0 Å². The third-order valence-electron chi connectivity index (χ3n) is 4.22. The summed E-state index contributed by atoms with van der Waals surface area (Å²) in [6.45, 7) is -0.0737. The number of halogens is 6. The van der Waals surface area contributed by atoms with Crippen molar-refractivity contribution in [3.05, 3.63) is 58.1 Å². The van der Waals surface area contributed by atoms with Crippen LogP contribution in [0.2, 0.25) is 5.02 Å². The van der Waals surface area contributed by atoms with Gasteiger partial charge in [-0.05, 0) is 36.6 Å². The SMILES string of the molecule is O=C(CN1CCCc2cc(F)cc(F)c21)Nc1c(Cl)cccc1C(F)(F)F. The number of fused-ring (bicyclic) bond motifs is 1. The number of hydrogen-bond acceptors (Lipinski definition) is 2. The molecule has 0 bridgehead atoms. The molecule has 1 aliphatic rings. The van der Waals surface area contributed by atoms with Crippen molar-refractivity contribution < 1.29 is 26.7 Å². The van der Waals surface area contributed by atoms with Crippen LogP contribution >= 0.6 is 11.6 Å². The maximum Gasteiger partial charge on any atom is 0.418 e. The molecular formula is C18H14ClF5N2O. The summed E-state index contributed by atoms with van der Waals surface area (Å²) in [7, 11) is 0. The highest BCUT2D eigenvalue weighted by atomic mass is 35.5. The predicted octanol–water partition coefficient (Wildman–Crippen LogP) is 5.03. The molecule has 0 aromatic heterocycles. The molecule has 0 spiro atoms. The van der Waals surface area contributed by atoms with Crippen LogP contribution in [-0.4, -0.2) is 19.0 Å². The average molecular weight is 405 g/mol. The lowest BCUT2D eigenvalue weighted by atomic mass is 10.0. The van der Waals surface area contributed by atoms with Gasteiger partial charge in [-0.15, -0.1) is 0 Å². The van der Waals surface area contributed by atoms with Gasteiger partial charge in [-0.2, -0.15) is 13.2 Å². The predicted molar refractivity (Wildman–Crippen MR) is 92.0 cm³/mol. The van der Waals surface area contributed by atoms with Crippen LogP contribution in [0.4, 0.5) is 33.3 Å². The average Bonchev–Trinajstić information content (AvgIpc) is 2.55. The van der Waals surface area contributed by atoms with Gasteiger partial charge >= 0.3 is 6.18 Å². The van der Waals surface area contributed by atoms with Gasteiger partial charge in [-0.25, -0.2) is 8.78 Å². The Hall–Kier alpha value is -2.35. The molecule has 0 unspecified atom stereocenters. The van der Waals surface area contributed by atoms with Gasteiger partial charge in [0, 0.05) is 12.6 Å². The Morgan fingerprint density at radius 2 is 1.96 bits per heavy atom. The van der Waals surface area contributed by atoms with E-state index in [0.717, 1.165) is 12.1 Å². The molecule has 9 heteroatoms. The van der Waals surface area contributed by atoms with Crippen molar-refractivity contribution in [2.45, 2.75) is 19.0 Å². The number of alkyl halides is 3. The molecule has 2 aromatic carbocycles. The maximum absolute atomic E-state index is 14.2. The fourth-order valence-corrected chi connectivity index (χ4v) is 3.36. The number of benzene rings is 2. The first-order chi connectivity index (χ1) is 12.7. The van der Waals surface area contributed by atoms with Crippen LogP contribution in [0.1, 0.15) is 17.5 Å². The molecule has 1 aliphatic heterocycles. The van der Waals surface area contributed by atoms with Crippen molar-refractivity contribution in [3.8, 4) is 0 Å².